The Morgan fingerprint density at radius 3 is 2.53 bits per heavy atom. The molecular formula is C20H19F2N3O3S2. The van der Waals surface area contributed by atoms with Crippen LogP contribution in [0.25, 0.3) is 11.3 Å². The van der Waals surface area contributed by atoms with Gasteiger partial charge < -0.3 is 0 Å². The van der Waals surface area contributed by atoms with Crippen LogP contribution in [0.5, 0.6) is 0 Å². The molecule has 0 saturated heterocycles. The third-order valence-corrected chi connectivity index (χ3v) is 7.23. The van der Waals surface area contributed by atoms with E-state index in [-0.39, 0.29) is 21.6 Å². The predicted molar refractivity (Wildman–Crippen MR) is 112 cm³/mol. The zero-order valence-corrected chi connectivity index (χ0v) is 18.0. The first-order valence-corrected chi connectivity index (χ1v) is 11.2. The van der Waals surface area contributed by atoms with Gasteiger partial charge in [-0.15, -0.1) is 11.3 Å². The molecular weight excluding hydrogens is 432 g/mol. The van der Waals surface area contributed by atoms with E-state index in [2.05, 4.69) is 10.3 Å². The summed E-state index contributed by atoms with van der Waals surface area (Å²) in [7, 11) is -2.26. The van der Waals surface area contributed by atoms with E-state index >= 15 is 0 Å². The third-order valence-electron chi connectivity index (χ3n) is 4.44. The molecule has 3 rings (SSSR count). The normalized spacial score (nSPS) is 11.8. The molecule has 0 atom stereocenters. The van der Waals surface area contributed by atoms with E-state index in [0.717, 1.165) is 23.5 Å². The molecule has 0 aliphatic heterocycles. The molecule has 1 heterocycles. The lowest BCUT2D eigenvalue weighted by Gasteiger charge is -2.21. The van der Waals surface area contributed by atoms with Crippen LogP contribution in [0.15, 0.2) is 52.7 Å². The first-order chi connectivity index (χ1) is 14.1. The molecule has 30 heavy (non-hydrogen) atoms. The third kappa shape index (κ3) is 4.55. The fourth-order valence-corrected chi connectivity index (χ4v) is 4.66. The van der Waals surface area contributed by atoms with Crippen molar-refractivity contribution in [3.8, 4) is 11.3 Å². The molecule has 0 saturated carbocycles. The number of hydrogen-bond donors (Lipinski definition) is 1. The van der Waals surface area contributed by atoms with E-state index in [1.807, 2.05) is 0 Å². The average Bonchev–Trinajstić information content (AvgIpc) is 3.17. The van der Waals surface area contributed by atoms with Gasteiger partial charge in [0.15, 0.2) is 16.8 Å². The van der Waals surface area contributed by atoms with Crippen LogP contribution < -0.4 is 5.32 Å². The number of nitrogens with one attached hydrogen (secondary N) is 1. The van der Waals surface area contributed by atoms with Gasteiger partial charge in [0.2, 0.25) is 10.0 Å². The summed E-state index contributed by atoms with van der Waals surface area (Å²) < 4.78 is 53.0. The summed E-state index contributed by atoms with van der Waals surface area (Å²) in [5.41, 5.74) is 0.900. The molecule has 0 bridgehead atoms. The Kier molecular flexibility index (Phi) is 6.30. The molecule has 158 valence electrons. The van der Waals surface area contributed by atoms with Crippen molar-refractivity contribution in [3.63, 3.8) is 0 Å². The summed E-state index contributed by atoms with van der Waals surface area (Å²) >= 11 is 1.11. The maximum atomic E-state index is 13.4. The summed E-state index contributed by atoms with van der Waals surface area (Å²) in [4.78, 5) is 16.8. The standard InChI is InChI=1S/C20H19F2N3O3S2/c1-12(2)25(3)30(27,28)15-6-4-5-14(9-15)19(26)24-20-23-18(11-29-20)13-7-8-16(21)17(22)10-13/h4-12H,1-3H3,(H,23,24,26). The Bertz CT molecular complexity index is 1190. The van der Waals surface area contributed by atoms with E-state index < -0.39 is 27.6 Å². The molecule has 1 N–H and O–H groups in total. The minimum atomic E-state index is -3.73. The number of carbonyl (C=O) groups is 1. The van der Waals surface area contributed by atoms with Gasteiger partial charge in [-0.1, -0.05) is 6.07 Å². The van der Waals surface area contributed by atoms with Gasteiger partial charge in [-0.3, -0.25) is 10.1 Å². The van der Waals surface area contributed by atoms with Crippen LogP contribution in [-0.2, 0) is 10.0 Å². The number of nitrogens with zero attached hydrogens (tertiary/aromatic N) is 2. The van der Waals surface area contributed by atoms with Crippen molar-refractivity contribution in [1.82, 2.24) is 9.29 Å². The minimum Gasteiger partial charge on any atom is -0.298 e. The quantitative estimate of drug-likeness (QED) is 0.604. The zero-order chi connectivity index (χ0) is 22.1. The smallest absolute Gasteiger partial charge is 0.257 e. The molecule has 1 amide bonds. The maximum Gasteiger partial charge on any atom is 0.257 e. The summed E-state index contributed by atoms with van der Waals surface area (Å²) in [6.07, 6.45) is 0. The number of amides is 1. The Labute approximate surface area is 177 Å². The highest BCUT2D eigenvalue weighted by Crippen LogP contribution is 2.26. The van der Waals surface area contributed by atoms with Gasteiger partial charge in [0.05, 0.1) is 10.6 Å². The first kappa shape index (κ1) is 22.0. The van der Waals surface area contributed by atoms with Gasteiger partial charge in [0.25, 0.3) is 5.91 Å². The van der Waals surface area contributed by atoms with Gasteiger partial charge in [-0.2, -0.15) is 4.31 Å². The SMILES string of the molecule is CC(C)N(C)S(=O)(=O)c1cccc(C(=O)Nc2nc(-c3ccc(F)c(F)c3)cs2)c1. The molecule has 0 fully saturated rings. The highest BCUT2D eigenvalue weighted by atomic mass is 32.2. The highest BCUT2D eigenvalue weighted by molar-refractivity contribution is 7.89. The van der Waals surface area contributed by atoms with Crippen LogP contribution in [0.2, 0.25) is 0 Å². The lowest BCUT2D eigenvalue weighted by molar-refractivity contribution is 0.102. The average molecular weight is 452 g/mol. The van der Waals surface area contributed by atoms with E-state index in [1.54, 1.807) is 19.2 Å². The number of thiazole rings is 1. The molecule has 0 radical (unpaired) electrons. The van der Waals surface area contributed by atoms with Crippen molar-refractivity contribution in [1.29, 1.82) is 0 Å². The van der Waals surface area contributed by atoms with Crippen LogP contribution in [0.1, 0.15) is 24.2 Å². The minimum absolute atomic E-state index is 0.00738. The Morgan fingerprint density at radius 1 is 1.13 bits per heavy atom. The summed E-state index contributed by atoms with van der Waals surface area (Å²) in [5.74, 6) is -2.48. The number of benzene rings is 2. The number of halogens is 2. The number of hydrogen-bond acceptors (Lipinski definition) is 5. The van der Waals surface area contributed by atoms with Gasteiger partial charge >= 0.3 is 0 Å². The molecule has 6 nitrogen and oxygen atoms in total. The van der Waals surface area contributed by atoms with Gasteiger partial charge in [-0.25, -0.2) is 22.2 Å². The number of rotatable bonds is 6. The van der Waals surface area contributed by atoms with E-state index in [0.29, 0.717) is 11.3 Å². The molecule has 1 aromatic heterocycles. The lowest BCUT2D eigenvalue weighted by atomic mass is 10.2. The lowest BCUT2D eigenvalue weighted by Crippen LogP contribution is -2.33. The van der Waals surface area contributed by atoms with Crippen molar-refractivity contribution in [3.05, 3.63) is 65.0 Å². The van der Waals surface area contributed by atoms with Crippen molar-refractivity contribution in [2.45, 2.75) is 24.8 Å². The Hall–Kier alpha value is -2.69. The van der Waals surface area contributed by atoms with Crippen molar-refractivity contribution in [2.24, 2.45) is 0 Å². The Balaban J connectivity index is 1.80. The first-order valence-electron chi connectivity index (χ1n) is 8.90. The van der Waals surface area contributed by atoms with Crippen LogP contribution >= 0.6 is 11.3 Å². The number of aromatic nitrogens is 1. The van der Waals surface area contributed by atoms with E-state index in [9.17, 15) is 22.0 Å². The Morgan fingerprint density at radius 2 is 1.87 bits per heavy atom. The fourth-order valence-electron chi connectivity index (χ4n) is 2.53. The molecule has 0 aliphatic rings. The summed E-state index contributed by atoms with van der Waals surface area (Å²) in [5, 5.41) is 4.44. The second kappa shape index (κ2) is 8.58. The molecule has 0 spiro atoms. The highest BCUT2D eigenvalue weighted by Gasteiger charge is 2.24. The monoisotopic (exact) mass is 451 g/mol. The topological polar surface area (TPSA) is 79.4 Å². The summed E-state index contributed by atoms with van der Waals surface area (Å²) in [6.45, 7) is 3.50. The van der Waals surface area contributed by atoms with E-state index in [1.165, 1.54) is 41.7 Å². The molecule has 10 heteroatoms. The van der Waals surface area contributed by atoms with Gasteiger partial charge in [0.1, 0.15) is 0 Å². The van der Waals surface area contributed by atoms with E-state index in [4.69, 9.17) is 0 Å². The maximum absolute atomic E-state index is 13.4. The van der Waals surface area contributed by atoms with Crippen molar-refractivity contribution in [2.75, 3.05) is 12.4 Å². The second-order valence-electron chi connectivity index (χ2n) is 6.76. The van der Waals surface area contributed by atoms with Gasteiger partial charge in [0, 0.05) is 29.6 Å². The van der Waals surface area contributed by atoms with Crippen molar-refractivity contribution < 1.29 is 22.0 Å². The van der Waals surface area contributed by atoms with Gasteiger partial charge in [-0.05, 0) is 50.2 Å². The molecule has 2 aromatic carbocycles. The fraction of sp³-hybridized carbons (Fsp3) is 0.200. The number of carbonyl (C=O) groups excluding carboxylic acids is 1. The van der Waals surface area contributed by atoms with Crippen LogP contribution in [0, 0.1) is 11.6 Å². The van der Waals surface area contributed by atoms with Crippen molar-refractivity contribution >= 4 is 32.4 Å². The second-order valence-corrected chi connectivity index (χ2v) is 9.62. The molecule has 3 aromatic rings. The number of anilines is 1. The number of sulfonamides is 1. The van der Waals surface area contributed by atoms with Crippen LogP contribution in [0.4, 0.5) is 13.9 Å². The zero-order valence-electron chi connectivity index (χ0n) is 16.4. The molecule has 0 unspecified atom stereocenters. The largest absolute Gasteiger partial charge is 0.298 e. The van der Waals surface area contributed by atoms with Crippen LogP contribution in [-0.4, -0.2) is 36.7 Å². The summed E-state index contributed by atoms with van der Waals surface area (Å²) in [6, 6.07) is 8.88. The molecule has 0 aliphatic carbocycles. The van der Waals surface area contributed by atoms with Crippen LogP contribution in [0.3, 0.4) is 0 Å². The predicted octanol–water partition coefficient (Wildman–Crippen LogP) is 4.37.